The van der Waals surface area contributed by atoms with Crippen LogP contribution in [0.15, 0.2) is 36.5 Å². The summed E-state index contributed by atoms with van der Waals surface area (Å²) >= 11 is 0. The standard InChI is InChI=1S/C14H10N4/c1-10-3-2-4-14(13(10)8-16)18-12-6-5-11(7-15)17-9-12/h2-6,9,18H,1H3. The molecule has 0 saturated heterocycles. The molecule has 0 saturated carbocycles. The first kappa shape index (κ1) is 11.6. The normalized spacial score (nSPS) is 9.28. The molecule has 86 valence electrons. The lowest BCUT2D eigenvalue weighted by Gasteiger charge is -2.09. The summed E-state index contributed by atoms with van der Waals surface area (Å²) in [7, 11) is 0. The highest BCUT2D eigenvalue weighted by molar-refractivity contribution is 5.67. The van der Waals surface area contributed by atoms with Gasteiger partial charge in [0.25, 0.3) is 0 Å². The van der Waals surface area contributed by atoms with E-state index in [2.05, 4.69) is 16.4 Å². The fourth-order valence-corrected chi connectivity index (χ4v) is 1.61. The highest BCUT2D eigenvalue weighted by Gasteiger charge is 2.05. The Hall–Kier alpha value is -2.85. The molecule has 0 aliphatic rings. The molecule has 1 aromatic heterocycles. The van der Waals surface area contributed by atoms with Crippen LogP contribution in [0.2, 0.25) is 0 Å². The van der Waals surface area contributed by atoms with Crippen molar-refractivity contribution in [1.82, 2.24) is 4.98 Å². The SMILES string of the molecule is Cc1cccc(Nc2ccc(C#N)nc2)c1C#N. The van der Waals surface area contributed by atoms with Crippen LogP contribution in [-0.2, 0) is 0 Å². The van der Waals surface area contributed by atoms with Crippen molar-refractivity contribution in [2.45, 2.75) is 6.92 Å². The zero-order chi connectivity index (χ0) is 13.0. The number of hydrogen-bond acceptors (Lipinski definition) is 4. The van der Waals surface area contributed by atoms with Crippen molar-refractivity contribution >= 4 is 11.4 Å². The highest BCUT2D eigenvalue weighted by Crippen LogP contribution is 2.22. The van der Waals surface area contributed by atoms with E-state index in [0.717, 1.165) is 16.9 Å². The number of nitriles is 2. The molecule has 0 spiro atoms. The molecular formula is C14H10N4. The van der Waals surface area contributed by atoms with E-state index in [4.69, 9.17) is 10.5 Å². The van der Waals surface area contributed by atoms with Crippen LogP contribution < -0.4 is 5.32 Å². The van der Waals surface area contributed by atoms with Crippen molar-refractivity contribution in [3.8, 4) is 12.1 Å². The van der Waals surface area contributed by atoms with E-state index in [9.17, 15) is 0 Å². The molecule has 0 aliphatic heterocycles. The van der Waals surface area contributed by atoms with E-state index in [-0.39, 0.29) is 0 Å². The van der Waals surface area contributed by atoms with Gasteiger partial charge in [-0.25, -0.2) is 4.98 Å². The van der Waals surface area contributed by atoms with Crippen LogP contribution in [0.1, 0.15) is 16.8 Å². The number of aromatic nitrogens is 1. The first-order valence-corrected chi connectivity index (χ1v) is 5.37. The predicted octanol–water partition coefficient (Wildman–Crippen LogP) is 2.88. The Morgan fingerprint density at radius 3 is 2.56 bits per heavy atom. The second-order valence-electron chi connectivity index (χ2n) is 3.78. The van der Waals surface area contributed by atoms with Crippen molar-refractivity contribution < 1.29 is 0 Å². The minimum atomic E-state index is 0.366. The molecule has 18 heavy (non-hydrogen) atoms. The smallest absolute Gasteiger partial charge is 0.140 e. The number of rotatable bonds is 2. The third-order valence-corrected chi connectivity index (χ3v) is 2.54. The van der Waals surface area contributed by atoms with Crippen LogP contribution in [0, 0.1) is 29.6 Å². The lowest BCUT2D eigenvalue weighted by molar-refractivity contribution is 1.26. The number of aryl methyl sites for hydroxylation is 1. The average Bonchev–Trinajstić information content (AvgIpc) is 2.40. The van der Waals surface area contributed by atoms with Crippen LogP contribution in [0.25, 0.3) is 0 Å². The molecule has 1 aromatic carbocycles. The van der Waals surface area contributed by atoms with E-state index in [1.165, 1.54) is 0 Å². The Morgan fingerprint density at radius 1 is 1.11 bits per heavy atom. The van der Waals surface area contributed by atoms with Gasteiger partial charge < -0.3 is 5.32 Å². The summed E-state index contributed by atoms with van der Waals surface area (Å²) in [5, 5.41) is 20.9. The summed E-state index contributed by atoms with van der Waals surface area (Å²) in [5.74, 6) is 0. The van der Waals surface area contributed by atoms with Gasteiger partial charge in [-0.05, 0) is 30.7 Å². The molecule has 0 fully saturated rings. The zero-order valence-electron chi connectivity index (χ0n) is 9.81. The summed E-state index contributed by atoms with van der Waals surface area (Å²) in [6.07, 6.45) is 1.57. The van der Waals surface area contributed by atoms with E-state index in [1.54, 1.807) is 18.3 Å². The van der Waals surface area contributed by atoms with Gasteiger partial charge in [0.2, 0.25) is 0 Å². The van der Waals surface area contributed by atoms with E-state index in [0.29, 0.717) is 11.3 Å². The van der Waals surface area contributed by atoms with Gasteiger partial charge in [0.1, 0.15) is 17.8 Å². The van der Waals surface area contributed by atoms with E-state index in [1.807, 2.05) is 31.2 Å². The maximum Gasteiger partial charge on any atom is 0.140 e. The monoisotopic (exact) mass is 234 g/mol. The van der Waals surface area contributed by atoms with Gasteiger partial charge in [0.15, 0.2) is 0 Å². The molecular weight excluding hydrogens is 224 g/mol. The lowest BCUT2D eigenvalue weighted by Crippen LogP contribution is -1.96. The number of pyridine rings is 1. The van der Waals surface area contributed by atoms with Crippen LogP contribution in [-0.4, -0.2) is 4.98 Å². The molecule has 4 heteroatoms. The Bertz CT molecular complexity index is 645. The number of hydrogen-bond donors (Lipinski definition) is 1. The van der Waals surface area contributed by atoms with Crippen molar-refractivity contribution in [2.24, 2.45) is 0 Å². The number of anilines is 2. The van der Waals surface area contributed by atoms with Gasteiger partial charge >= 0.3 is 0 Å². The van der Waals surface area contributed by atoms with Crippen molar-refractivity contribution in [1.29, 1.82) is 10.5 Å². The number of nitrogens with one attached hydrogen (secondary N) is 1. The Kier molecular flexibility index (Phi) is 3.22. The van der Waals surface area contributed by atoms with E-state index < -0.39 is 0 Å². The third-order valence-electron chi connectivity index (χ3n) is 2.54. The van der Waals surface area contributed by atoms with Crippen LogP contribution in [0.3, 0.4) is 0 Å². The zero-order valence-corrected chi connectivity index (χ0v) is 9.81. The minimum Gasteiger partial charge on any atom is -0.353 e. The third kappa shape index (κ3) is 2.28. The molecule has 0 radical (unpaired) electrons. The molecule has 1 N–H and O–H groups in total. The molecule has 0 amide bonds. The van der Waals surface area contributed by atoms with Crippen LogP contribution in [0.4, 0.5) is 11.4 Å². The number of nitrogens with zero attached hydrogens (tertiary/aromatic N) is 3. The molecule has 2 aromatic rings. The first-order valence-electron chi connectivity index (χ1n) is 5.37. The van der Waals surface area contributed by atoms with Gasteiger partial charge in [-0.2, -0.15) is 10.5 Å². The second-order valence-corrected chi connectivity index (χ2v) is 3.78. The fraction of sp³-hybridized carbons (Fsp3) is 0.0714. The summed E-state index contributed by atoms with van der Waals surface area (Å²) in [4.78, 5) is 3.96. The molecule has 4 nitrogen and oxygen atoms in total. The largest absolute Gasteiger partial charge is 0.353 e. The highest BCUT2D eigenvalue weighted by atomic mass is 14.9. The van der Waals surface area contributed by atoms with Gasteiger partial charge in [-0.15, -0.1) is 0 Å². The average molecular weight is 234 g/mol. The van der Waals surface area contributed by atoms with Gasteiger partial charge in [-0.1, -0.05) is 12.1 Å². The van der Waals surface area contributed by atoms with Crippen LogP contribution in [0.5, 0.6) is 0 Å². The van der Waals surface area contributed by atoms with Crippen molar-refractivity contribution in [2.75, 3.05) is 5.32 Å². The predicted molar refractivity (Wildman–Crippen MR) is 68.1 cm³/mol. The topological polar surface area (TPSA) is 72.5 Å². The molecule has 0 bridgehead atoms. The molecule has 0 atom stereocenters. The van der Waals surface area contributed by atoms with Gasteiger partial charge in [0.05, 0.1) is 23.1 Å². The quantitative estimate of drug-likeness (QED) is 0.867. The van der Waals surface area contributed by atoms with E-state index >= 15 is 0 Å². The fourth-order valence-electron chi connectivity index (χ4n) is 1.61. The Balaban J connectivity index is 2.32. The molecule has 0 aliphatic carbocycles. The summed E-state index contributed by atoms with van der Waals surface area (Å²) in [5.41, 5.74) is 3.39. The van der Waals surface area contributed by atoms with Gasteiger partial charge in [-0.3, -0.25) is 0 Å². The van der Waals surface area contributed by atoms with Gasteiger partial charge in [0, 0.05) is 0 Å². The molecule has 2 rings (SSSR count). The maximum absolute atomic E-state index is 9.11. The van der Waals surface area contributed by atoms with Crippen LogP contribution >= 0.6 is 0 Å². The molecule has 1 heterocycles. The number of benzene rings is 1. The van der Waals surface area contributed by atoms with Crippen molar-refractivity contribution in [3.05, 3.63) is 53.3 Å². The Labute approximate surface area is 105 Å². The first-order chi connectivity index (χ1) is 8.74. The minimum absolute atomic E-state index is 0.366. The summed E-state index contributed by atoms with van der Waals surface area (Å²) in [6, 6.07) is 13.1. The maximum atomic E-state index is 9.11. The molecule has 0 unspecified atom stereocenters. The van der Waals surface area contributed by atoms with Crippen molar-refractivity contribution in [3.63, 3.8) is 0 Å². The summed E-state index contributed by atoms with van der Waals surface area (Å²) < 4.78 is 0. The Morgan fingerprint density at radius 2 is 1.94 bits per heavy atom. The lowest BCUT2D eigenvalue weighted by atomic mass is 10.1. The second kappa shape index (κ2) is 4.99. The summed E-state index contributed by atoms with van der Waals surface area (Å²) in [6.45, 7) is 1.89.